The molecular weight excluding hydrogens is 608 g/mol. The van der Waals surface area contributed by atoms with Crippen LogP contribution in [0.15, 0.2) is 54.6 Å². The smallest absolute Gasteiger partial charge is 0.270 e. The van der Waals surface area contributed by atoms with E-state index in [-0.39, 0.29) is 24.6 Å². The summed E-state index contributed by atoms with van der Waals surface area (Å²) in [6, 6.07) is 10.9. The van der Waals surface area contributed by atoms with Gasteiger partial charge in [0.05, 0.1) is 24.6 Å². The number of carbonyl (C=O) groups is 4. The molecule has 3 aromatic rings. The van der Waals surface area contributed by atoms with E-state index in [0.717, 1.165) is 35.3 Å². The number of benzene rings is 2. The largest absolute Gasteiger partial charge is 0.368 e. The Morgan fingerprint density at radius 3 is 2.66 bits per heavy atom. The van der Waals surface area contributed by atoms with Gasteiger partial charge in [-0.1, -0.05) is 24.3 Å². The topological polar surface area (TPSA) is 130 Å². The second kappa shape index (κ2) is 14.0. The van der Waals surface area contributed by atoms with Crippen LogP contribution < -0.4 is 16.0 Å². The first-order valence-electron chi connectivity index (χ1n) is 16.0. The normalized spacial score (nSPS) is 21.6. The molecule has 3 aliphatic rings. The van der Waals surface area contributed by atoms with Crippen LogP contribution in [0.1, 0.15) is 66.7 Å². The summed E-state index contributed by atoms with van der Waals surface area (Å²) in [6.07, 6.45) is 5.81. The Labute approximate surface area is 270 Å². The van der Waals surface area contributed by atoms with Crippen LogP contribution in [0.4, 0.5) is 14.5 Å². The maximum Gasteiger partial charge on any atom is 0.270 e. The molecule has 2 saturated heterocycles. The zero-order valence-corrected chi connectivity index (χ0v) is 26.0. The van der Waals surface area contributed by atoms with Crippen LogP contribution in [-0.2, 0) is 19.1 Å². The Balaban J connectivity index is 1.11. The molecule has 3 fully saturated rings. The summed E-state index contributed by atoms with van der Waals surface area (Å²) in [4.78, 5) is 57.5. The second-order valence-electron chi connectivity index (χ2n) is 12.4. The molecule has 12 heteroatoms. The maximum absolute atomic E-state index is 14.6. The van der Waals surface area contributed by atoms with Crippen molar-refractivity contribution in [2.75, 3.05) is 25.0 Å². The molecule has 2 aliphatic heterocycles. The first-order chi connectivity index (χ1) is 22.6. The first-order valence-corrected chi connectivity index (χ1v) is 16.0. The van der Waals surface area contributed by atoms with Gasteiger partial charge in [-0.3, -0.25) is 19.2 Å². The SMILES string of the molecule is C[C@H](NC(=O)[C@@H]1C[C@@H](F)CN1C(=O)CNC(=O)c1ccc2cc(F)ccc2n1)c1cc(NC(=O)[C@H]2CCCO2)ccc1/C=C/C1CC1. The highest BCUT2D eigenvalue weighted by molar-refractivity contribution is 5.98. The number of fused-ring (bicyclic) bond motifs is 1. The number of nitrogens with zero attached hydrogens (tertiary/aromatic N) is 2. The number of halogens is 2. The van der Waals surface area contributed by atoms with Crippen LogP contribution in [0.25, 0.3) is 17.0 Å². The minimum atomic E-state index is -1.41. The minimum absolute atomic E-state index is 0.0329. The van der Waals surface area contributed by atoms with Gasteiger partial charge in [-0.05, 0) is 86.1 Å². The predicted molar refractivity (Wildman–Crippen MR) is 171 cm³/mol. The van der Waals surface area contributed by atoms with Crippen molar-refractivity contribution in [3.8, 4) is 0 Å². The van der Waals surface area contributed by atoms with E-state index in [0.29, 0.717) is 35.5 Å². The van der Waals surface area contributed by atoms with Crippen LogP contribution in [0.2, 0.25) is 0 Å². The highest BCUT2D eigenvalue weighted by Crippen LogP contribution is 2.32. The molecule has 4 amide bonds. The number of likely N-dealkylation sites (tertiary alicyclic amines) is 1. The molecule has 0 radical (unpaired) electrons. The molecule has 3 N–H and O–H groups in total. The number of hydrogen-bond acceptors (Lipinski definition) is 6. The first kappa shape index (κ1) is 32.2. The van der Waals surface area contributed by atoms with E-state index in [1.54, 1.807) is 13.0 Å². The lowest BCUT2D eigenvalue weighted by molar-refractivity contribution is -0.138. The van der Waals surface area contributed by atoms with E-state index in [1.165, 1.54) is 24.3 Å². The highest BCUT2D eigenvalue weighted by atomic mass is 19.1. The van der Waals surface area contributed by atoms with Gasteiger partial charge in [0, 0.05) is 24.1 Å². The summed E-state index contributed by atoms with van der Waals surface area (Å²) < 4.78 is 33.6. The predicted octanol–water partition coefficient (Wildman–Crippen LogP) is 4.46. The molecule has 4 atom stereocenters. The van der Waals surface area contributed by atoms with E-state index >= 15 is 0 Å². The highest BCUT2D eigenvalue weighted by Gasteiger charge is 2.40. The molecule has 6 rings (SSSR count). The number of pyridine rings is 1. The summed E-state index contributed by atoms with van der Waals surface area (Å²) in [6.45, 7) is 1.61. The molecule has 246 valence electrons. The molecular formula is C35H37F2N5O5. The van der Waals surface area contributed by atoms with Crippen molar-refractivity contribution in [1.82, 2.24) is 20.5 Å². The summed E-state index contributed by atoms with van der Waals surface area (Å²) in [5.74, 6) is -1.89. The molecule has 1 saturated carbocycles. The van der Waals surface area contributed by atoms with E-state index in [9.17, 15) is 28.0 Å². The Hall–Kier alpha value is -4.71. The Morgan fingerprint density at radius 1 is 1.06 bits per heavy atom. The van der Waals surface area contributed by atoms with Gasteiger partial charge in [-0.2, -0.15) is 0 Å². The number of amides is 4. The third kappa shape index (κ3) is 7.82. The zero-order valence-electron chi connectivity index (χ0n) is 26.0. The number of nitrogens with one attached hydrogen (secondary N) is 3. The lowest BCUT2D eigenvalue weighted by Crippen LogP contribution is -2.49. The van der Waals surface area contributed by atoms with Crippen molar-refractivity contribution in [3.05, 3.63) is 77.2 Å². The van der Waals surface area contributed by atoms with Gasteiger partial charge >= 0.3 is 0 Å². The average Bonchev–Trinajstić information content (AvgIpc) is 3.54. The third-order valence-corrected chi connectivity index (χ3v) is 8.73. The standard InChI is InChI=1S/C35H37F2N5O5/c1-20(27-17-26(40-35(46)31-3-2-14-47-31)11-8-22(27)7-6-21-4-5-21)39-34(45)30-16-25(37)19-42(30)32(43)18-38-33(44)29-12-9-23-15-24(36)10-13-28(23)41-29/h6-13,15,17,20-21,25,30-31H,2-5,14,16,18-19H2,1H3,(H,38,44)(H,39,45)(H,40,46)/b7-6+/t20-,25+,30-,31+/m0/s1. The van der Waals surface area contributed by atoms with Gasteiger partial charge < -0.3 is 25.6 Å². The number of anilines is 1. The molecule has 0 spiro atoms. The molecule has 47 heavy (non-hydrogen) atoms. The fraction of sp³-hybridized carbons (Fsp3) is 0.400. The number of aromatic nitrogens is 1. The van der Waals surface area contributed by atoms with Gasteiger partial charge in [0.15, 0.2) is 0 Å². The summed E-state index contributed by atoms with van der Waals surface area (Å²) in [7, 11) is 0. The molecule has 1 aromatic heterocycles. The van der Waals surface area contributed by atoms with E-state index in [4.69, 9.17) is 4.74 Å². The third-order valence-electron chi connectivity index (χ3n) is 8.73. The fourth-order valence-corrected chi connectivity index (χ4v) is 5.98. The molecule has 10 nitrogen and oxygen atoms in total. The fourth-order valence-electron chi connectivity index (χ4n) is 5.98. The number of carbonyl (C=O) groups excluding carboxylic acids is 4. The molecule has 1 aliphatic carbocycles. The molecule has 3 heterocycles. The number of allylic oxidation sites excluding steroid dienone is 1. The van der Waals surface area contributed by atoms with E-state index in [2.05, 4.69) is 27.0 Å². The number of alkyl halides is 1. The molecule has 0 unspecified atom stereocenters. The average molecular weight is 646 g/mol. The van der Waals surface area contributed by atoms with Crippen LogP contribution in [0, 0.1) is 11.7 Å². The molecule has 0 bridgehead atoms. The number of ether oxygens (including phenoxy) is 1. The Morgan fingerprint density at radius 2 is 1.89 bits per heavy atom. The van der Waals surface area contributed by atoms with E-state index in [1.807, 2.05) is 24.3 Å². The lowest BCUT2D eigenvalue weighted by atomic mass is 9.99. The second-order valence-corrected chi connectivity index (χ2v) is 12.4. The zero-order chi connectivity index (χ0) is 33.1. The Bertz CT molecular complexity index is 1720. The van der Waals surface area contributed by atoms with Gasteiger partial charge in [-0.25, -0.2) is 13.8 Å². The van der Waals surface area contributed by atoms with Crippen molar-refractivity contribution >= 4 is 46.3 Å². The minimum Gasteiger partial charge on any atom is -0.368 e. The number of rotatable bonds is 10. The van der Waals surface area contributed by atoms with E-state index < -0.39 is 54.4 Å². The summed E-state index contributed by atoms with van der Waals surface area (Å²) >= 11 is 0. The summed E-state index contributed by atoms with van der Waals surface area (Å²) in [5.41, 5.74) is 2.64. The van der Waals surface area contributed by atoms with Crippen LogP contribution >= 0.6 is 0 Å². The maximum atomic E-state index is 14.6. The van der Waals surface area contributed by atoms with Crippen molar-refractivity contribution in [3.63, 3.8) is 0 Å². The monoisotopic (exact) mass is 645 g/mol. The lowest BCUT2D eigenvalue weighted by Gasteiger charge is -2.26. The van der Waals surface area contributed by atoms with Gasteiger partial charge in [0.25, 0.3) is 11.8 Å². The van der Waals surface area contributed by atoms with Gasteiger partial charge in [0.1, 0.15) is 29.8 Å². The van der Waals surface area contributed by atoms with Crippen LogP contribution in [0.5, 0.6) is 0 Å². The van der Waals surface area contributed by atoms with Gasteiger partial charge in [0.2, 0.25) is 11.8 Å². The Kier molecular flexibility index (Phi) is 9.58. The van der Waals surface area contributed by atoms with Crippen molar-refractivity contribution < 1.29 is 32.7 Å². The van der Waals surface area contributed by atoms with Gasteiger partial charge in [-0.15, -0.1) is 0 Å². The van der Waals surface area contributed by atoms with Crippen molar-refractivity contribution in [2.45, 2.75) is 63.4 Å². The molecule has 2 aromatic carbocycles. The summed E-state index contributed by atoms with van der Waals surface area (Å²) in [5, 5.41) is 8.87. The van der Waals surface area contributed by atoms with Crippen molar-refractivity contribution in [2.24, 2.45) is 5.92 Å². The van der Waals surface area contributed by atoms with Crippen molar-refractivity contribution in [1.29, 1.82) is 0 Å². The van der Waals surface area contributed by atoms with Crippen LogP contribution in [-0.4, -0.2) is 71.5 Å². The quantitative estimate of drug-likeness (QED) is 0.299. The van der Waals surface area contributed by atoms with Crippen LogP contribution in [0.3, 0.4) is 0 Å². The number of hydrogen-bond donors (Lipinski definition) is 3.